The molecule has 0 bridgehead atoms. The molecule has 0 spiro atoms. The molecule has 0 unspecified atom stereocenters. The van der Waals surface area contributed by atoms with Crippen LogP contribution in [0, 0.1) is 0 Å². The molecule has 2 aromatic rings. The van der Waals surface area contributed by atoms with Crippen molar-refractivity contribution in [1.29, 1.82) is 0 Å². The minimum atomic E-state index is -3.69. The Bertz CT molecular complexity index is 613. The van der Waals surface area contributed by atoms with Gasteiger partial charge in [0.2, 0.25) is 5.95 Å². The van der Waals surface area contributed by atoms with E-state index in [2.05, 4.69) is 14.7 Å². The van der Waals surface area contributed by atoms with Crippen LogP contribution in [0.15, 0.2) is 47.6 Å². The first-order valence-corrected chi connectivity index (χ1v) is 6.22. The van der Waals surface area contributed by atoms with Gasteiger partial charge in [-0.05, 0) is 24.3 Å². The van der Waals surface area contributed by atoms with Gasteiger partial charge in [-0.2, -0.15) is 0 Å². The van der Waals surface area contributed by atoms with E-state index in [-0.39, 0.29) is 10.8 Å². The highest BCUT2D eigenvalue weighted by Gasteiger charge is 2.15. The third-order valence-electron chi connectivity index (χ3n) is 1.96. The minimum absolute atomic E-state index is 0.0231. The van der Waals surface area contributed by atoms with Gasteiger partial charge in [-0.25, -0.2) is 23.1 Å². The van der Waals surface area contributed by atoms with Crippen LogP contribution in [0.5, 0.6) is 0 Å². The zero-order valence-electron chi connectivity index (χ0n) is 8.74. The highest BCUT2D eigenvalue weighted by Crippen LogP contribution is 2.15. The molecule has 0 amide bonds. The SMILES string of the molecule is Nc1cccc(S(=O)(=O)Nc2ncccn2)c1. The Kier molecular flexibility index (Phi) is 2.92. The van der Waals surface area contributed by atoms with Crippen molar-refractivity contribution in [3.63, 3.8) is 0 Å². The van der Waals surface area contributed by atoms with Gasteiger partial charge >= 0.3 is 0 Å². The number of benzene rings is 1. The van der Waals surface area contributed by atoms with Crippen molar-refractivity contribution < 1.29 is 8.42 Å². The van der Waals surface area contributed by atoms with E-state index < -0.39 is 10.0 Å². The maximum Gasteiger partial charge on any atom is 0.264 e. The molecule has 1 heterocycles. The largest absolute Gasteiger partial charge is 0.399 e. The van der Waals surface area contributed by atoms with E-state index in [4.69, 9.17) is 5.73 Å². The smallest absolute Gasteiger partial charge is 0.264 e. The second-order valence-corrected chi connectivity index (χ2v) is 4.93. The number of hydrogen-bond donors (Lipinski definition) is 2. The molecule has 0 saturated carbocycles. The summed E-state index contributed by atoms with van der Waals surface area (Å²) >= 11 is 0. The van der Waals surface area contributed by atoms with Crippen LogP contribution in [0.4, 0.5) is 11.6 Å². The van der Waals surface area contributed by atoms with E-state index in [0.717, 1.165) is 0 Å². The van der Waals surface area contributed by atoms with Gasteiger partial charge in [-0.1, -0.05) is 6.07 Å². The molecular formula is C10H10N4O2S. The summed E-state index contributed by atoms with van der Waals surface area (Å²) in [6.45, 7) is 0. The minimum Gasteiger partial charge on any atom is -0.399 e. The fraction of sp³-hybridized carbons (Fsp3) is 0. The number of nitrogens with two attached hydrogens (primary N) is 1. The highest BCUT2D eigenvalue weighted by molar-refractivity contribution is 7.92. The zero-order chi connectivity index (χ0) is 12.3. The van der Waals surface area contributed by atoms with E-state index in [1.54, 1.807) is 18.2 Å². The van der Waals surface area contributed by atoms with Crippen molar-refractivity contribution in [2.45, 2.75) is 4.90 Å². The summed E-state index contributed by atoms with van der Waals surface area (Å²) in [7, 11) is -3.69. The Morgan fingerprint density at radius 1 is 1.12 bits per heavy atom. The first kappa shape index (κ1) is 11.3. The van der Waals surface area contributed by atoms with Crippen molar-refractivity contribution in [3.8, 4) is 0 Å². The quantitative estimate of drug-likeness (QED) is 0.787. The lowest BCUT2D eigenvalue weighted by molar-refractivity contribution is 0.601. The molecule has 7 heteroatoms. The summed E-state index contributed by atoms with van der Waals surface area (Å²) in [6.07, 6.45) is 2.90. The van der Waals surface area contributed by atoms with Gasteiger partial charge in [0.15, 0.2) is 0 Å². The predicted octanol–water partition coefficient (Wildman–Crippen LogP) is 0.860. The molecule has 88 valence electrons. The van der Waals surface area contributed by atoms with E-state index >= 15 is 0 Å². The predicted molar refractivity (Wildman–Crippen MR) is 63.7 cm³/mol. The zero-order valence-corrected chi connectivity index (χ0v) is 9.55. The molecule has 0 atom stereocenters. The number of rotatable bonds is 3. The van der Waals surface area contributed by atoms with E-state index in [9.17, 15) is 8.42 Å². The van der Waals surface area contributed by atoms with Crippen molar-refractivity contribution in [1.82, 2.24) is 9.97 Å². The monoisotopic (exact) mass is 250 g/mol. The fourth-order valence-electron chi connectivity index (χ4n) is 1.21. The molecular weight excluding hydrogens is 240 g/mol. The first-order valence-electron chi connectivity index (χ1n) is 4.73. The van der Waals surface area contributed by atoms with Gasteiger partial charge in [0.05, 0.1) is 4.90 Å². The molecule has 0 saturated heterocycles. The number of anilines is 2. The van der Waals surface area contributed by atoms with Crippen LogP contribution >= 0.6 is 0 Å². The number of hydrogen-bond acceptors (Lipinski definition) is 5. The van der Waals surface area contributed by atoms with Gasteiger partial charge in [0, 0.05) is 18.1 Å². The summed E-state index contributed by atoms with van der Waals surface area (Å²) in [5.74, 6) is 0.0231. The molecule has 1 aromatic carbocycles. The lowest BCUT2D eigenvalue weighted by Gasteiger charge is -2.06. The number of sulfonamides is 1. The second kappa shape index (κ2) is 4.38. The normalized spacial score (nSPS) is 11.1. The van der Waals surface area contributed by atoms with E-state index in [1.807, 2.05) is 0 Å². The molecule has 0 fully saturated rings. The Morgan fingerprint density at radius 3 is 2.47 bits per heavy atom. The number of nitrogens with zero attached hydrogens (tertiary/aromatic N) is 2. The Hall–Kier alpha value is -2.15. The van der Waals surface area contributed by atoms with Crippen LogP contribution in [0.1, 0.15) is 0 Å². The van der Waals surface area contributed by atoms with Gasteiger partial charge in [0.25, 0.3) is 10.0 Å². The molecule has 0 radical (unpaired) electrons. The Balaban J connectivity index is 2.32. The van der Waals surface area contributed by atoms with Crippen molar-refractivity contribution in [2.75, 3.05) is 10.5 Å². The van der Waals surface area contributed by atoms with Gasteiger partial charge < -0.3 is 5.73 Å². The Morgan fingerprint density at radius 2 is 1.82 bits per heavy atom. The lowest BCUT2D eigenvalue weighted by atomic mass is 10.3. The molecule has 0 aliphatic rings. The standard InChI is InChI=1S/C10H10N4O2S/c11-8-3-1-4-9(7-8)17(15,16)14-10-12-5-2-6-13-10/h1-7H,11H2,(H,12,13,14). The van der Waals surface area contributed by atoms with E-state index in [1.165, 1.54) is 24.5 Å². The van der Waals surface area contributed by atoms with Crippen LogP contribution < -0.4 is 10.5 Å². The van der Waals surface area contributed by atoms with Crippen molar-refractivity contribution >= 4 is 21.7 Å². The molecule has 0 aliphatic heterocycles. The van der Waals surface area contributed by atoms with Crippen LogP contribution in [-0.2, 0) is 10.0 Å². The summed E-state index contributed by atoms with van der Waals surface area (Å²) in [5.41, 5.74) is 5.90. The number of aromatic nitrogens is 2. The van der Waals surface area contributed by atoms with Crippen molar-refractivity contribution in [3.05, 3.63) is 42.7 Å². The lowest BCUT2D eigenvalue weighted by Crippen LogP contribution is -2.14. The third kappa shape index (κ3) is 2.70. The van der Waals surface area contributed by atoms with Gasteiger partial charge in [-0.3, -0.25) is 0 Å². The van der Waals surface area contributed by atoms with Crippen LogP contribution in [-0.4, -0.2) is 18.4 Å². The molecule has 1 aromatic heterocycles. The van der Waals surface area contributed by atoms with Crippen LogP contribution in [0.25, 0.3) is 0 Å². The summed E-state index contributed by atoms with van der Waals surface area (Å²) < 4.78 is 26.1. The summed E-state index contributed by atoms with van der Waals surface area (Å²) in [5, 5.41) is 0. The maximum atomic E-state index is 11.9. The van der Waals surface area contributed by atoms with Crippen LogP contribution in [0.3, 0.4) is 0 Å². The third-order valence-corrected chi connectivity index (χ3v) is 3.29. The van der Waals surface area contributed by atoms with Crippen LogP contribution in [0.2, 0.25) is 0 Å². The molecule has 6 nitrogen and oxygen atoms in total. The molecule has 0 aliphatic carbocycles. The molecule has 17 heavy (non-hydrogen) atoms. The van der Waals surface area contributed by atoms with Gasteiger partial charge in [-0.15, -0.1) is 0 Å². The van der Waals surface area contributed by atoms with E-state index in [0.29, 0.717) is 5.69 Å². The van der Waals surface area contributed by atoms with Gasteiger partial charge in [0.1, 0.15) is 0 Å². The maximum absolute atomic E-state index is 11.9. The average molecular weight is 250 g/mol. The average Bonchev–Trinajstić information content (AvgIpc) is 2.30. The molecule has 2 rings (SSSR count). The number of nitrogen functional groups attached to an aromatic ring is 1. The topological polar surface area (TPSA) is 98.0 Å². The number of nitrogens with one attached hydrogen (secondary N) is 1. The summed E-state index contributed by atoms with van der Waals surface area (Å²) in [6, 6.07) is 7.58. The fourth-order valence-corrected chi connectivity index (χ4v) is 2.23. The second-order valence-electron chi connectivity index (χ2n) is 3.25. The first-order chi connectivity index (χ1) is 8.08. The molecule has 3 N–H and O–H groups in total. The summed E-state index contributed by atoms with van der Waals surface area (Å²) in [4.78, 5) is 7.63. The highest BCUT2D eigenvalue weighted by atomic mass is 32.2. The van der Waals surface area contributed by atoms with Crippen molar-refractivity contribution in [2.24, 2.45) is 0 Å². The Labute approximate surface area is 98.6 Å².